The monoisotopic (exact) mass is 227 g/mol. The molecule has 0 atom stereocenters. The second-order valence-corrected chi connectivity index (χ2v) is 3.60. The summed E-state index contributed by atoms with van der Waals surface area (Å²) in [6, 6.07) is 0. The molecule has 0 aliphatic carbocycles. The predicted molar refractivity (Wildman–Crippen MR) is 67.2 cm³/mol. The van der Waals surface area contributed by atoms with Gasteiger partial charge in [0.05, 0.1) is 6.61 Å². The SMILES string of the molecule is CC#CCCOCCCOCCCCCN. The van der Waals surface area contributed by atoms with Crippen LogP contribution in [0.5, 0.6) is 0 Å². The maximum Gasteiger partial charge on any atom is 0.0575 e. The molecule has 0 saturated heterocycles. The van der Waals surface area contributed by atoms with E-state index in [1.165, 1.54) is 6.42 Å². The van der Waals surface area contributed by atoms with Crippen molar-refractivity contribution in [2.75, 3.05) is 33.0 Å². The third-order valence-corrected chi connectivity index (χ3v) is 2.12. The van der Waals surface area contributed by atoms with E-state index in [0.717, 1.165) is 58.7 Å². The van der Waals surface area contributed by atoms with Crippen molar-refractivity contribution in [3.8, 4) is 11.8 Å². The van der Waals surface area contributed by atoms with Crippen LogP contribution in [0, 0.1) is 11.8 Å². The van der Waals surface area contributed by atoms with E-state index < -0.39 is 0 Å². The predicted octanol–water partition coefficient (Wildman–Crippen LogP) is 1.95. The minimum absolute atomic E-state index is 0.733. The van der Waals surface area contributed by atoms with Crippen LogP contribution in [0.1, 0.15) is 39.0 Å². The van der Waals surface area contributed by atoms with Gasteiger partial charge in [0.1, 0.15) is 0 Å². The molecule has 0 spiro atoms. The number of hydrogen-bond donors (Lipinski definition) is 1. The summed E-state index contributed by atoms with van der Waals surface area (Å²) >= 11 is 0. The van der Waals surface area contributed by atoms with Crippen LogP contribution in [-0.2, 0) is 9.47 Å². The van der Waals surface area contributed by atoms with Crippen molar-refractivity contribution < 1.29 is 9.47 Å². The van der Waals surface area contributed by atoms with E-state index >= 15 is 0 Å². The number of ether oxygens (including phenoxy) is 2. The molecule has 0 radical (unpaired) electrons. The lowest BCUT2D eigenvalue weighted by molar-refractivity contribution is 0.0834. The van der Waals surface area contributed by atoms with Crippen molar-refractivity contribution in [3.63, 3.8) is 0 Å². The van der Waals surface area contributed by atoms with Crippen molar-refractivity contribution in [1.29, 1.82) is 0 Å². The molecule has 0 saturated carbocycles. The number of hydrogen-bond acceptors (Lipinski definition) is 3. The van der Waals surface area contributed by atoms with Gasteiger partial charge in [-0.1, -0.05) is 0 Å². The molecule has 0 bridgehead atoms. The van der Waals surface area contributed by atoms with Crippen LogP contribution < -0.4 is 5.73 Å². The molecule has 0 aromatic carbocycles. The summed E-state index contributed by atoms with van der Waals surface area (Å²) in [5.74, 6) is 5.80. The maximum absolute atomic E-state index is 5.46. The molecule has 16 heavy (non-hydrogen) atoms. The van der Waals surface area contributed by atoms with Gasteiger partial charge in [0.15, 0.2) is 0 Å². The molecule has 2 N–H and O–H groups in total. The minimum Gasteiger partial charge on any atom is -0.381 e. The van der Waals surface area contributed by atoms with Crippen LogP contribution in [0.3, 0.4) is 0 Å². The molecule has 0 heterocycles. The fourth-order valence-electron chi connectivity index (χ4n) is 1.24. The highest BCUT2D eigenvalue weighted by molar-refractivity contribution is 4.94. The third kappa shape index (κ3) is 13.4. The number of rotatable bonds is 11. The Hall–Kier alpha value is -0.560. The molecule has 0 aliphatic heterocycles. The van der Waals surface area contributed by atoms with Gasteiger partial charge in [-0.2, -0.15) is 0 Å². The van der Waals surface area contributed by atoms with Gasteiger partial charge in [0.2, 0.25) is 0 Å². The van der Waals surface area contributed by atoms with Crippen LogP contribution in [-0.4, -0.2) is 33.0 Å². The third-order valence-electron chi connectivity index (χ3n) is 2.12. The molecular formula is C13H25NO2. The van der Waals surface area contributed by atoms with E-state index in [9.17, 15) is 0 Å². The Morgan fingerprint density at radius 2 is 1.56 bits per heavy atom. The van der Waals surface area contributed by atoms with Gasteiger partial charge in [0, 0.05) is 26.2 Å². The summed E-state index contributed by atoms with van der Waals surface area (Å²) in [6.45, 7) is 5.78. The van der Waals surface area contributed by atoms with Gasteiger partial charge < -0.3 is 15.2 Å². The van der Waals surface area contributed by atoms with Crippen LogP contribution in [0.25, 0.3) is 0 Å². The van der Waals surface area contributed by atoms with Crippen molar-refractivity contribution in [3.05, 3.63) is 0 Å². The molecule has 0 amide bonds. The second kappa shape index (κ2) is 14.4. The zero-order chi connectivity index (χ0) is 11.9. The highest BCUT2D eigenvalue weighted by atomic mass is 16.5. The molecule has 0 aromatic heterocycles. The van der Waals surface area contributed by atoms with Crippen molar-refractivity contribution in [2.24, 2.45) is 5.73 Å². The molecule has 94 valence electrons. The van der Waals surface area contributed by atoms with Gasteiger partial charge in [-0.05, 0) is 39.2 Å². The molecule has 0 aromatic rings. The Morgan fingerprint density at radius 1 is 0.875 bits per heavy atom. The van der Waals surface area contributed by atoms with E-state index in [1.54, 1.807) is 0 Å². The second-order valence-electron chi connectivity index (χ2n) is 3.60. The van der Waals surface area contributed by atoms with Gasteiger partial charge in [-0.25, -0.2) is 0 Å². The molecule has 0 aliphatic rings. The van der Waals surface area contributed by atoms with Crippen LogP contribution in [0.4, 0.5) is 0 Å². The summed E-state index contributed by atoms with van der Waals surface area (Å²) in [5, 5.41) is 0. The lowest BCUT2D eigenvalue weighted by Gasteiger charge is -2.04. The van der Waals surface area contributed by atoms with E-state index in [2.05, 4.69) is 11.8 Å². The van der Waals surface area contributed by atoms with Crippen molar-refractivity contribution in [2.45, 2.75) is 39.0 Å². The van der Waals surface area contributed by atoms with Crippen LogP contribution in [0.2, 0.25) is 0 Å². The first-order valence-corrected chi connectivity index (χ1v) is 6.17. The lowest BCUT2D eigenvalue weighted by Crippen LogP contribution is -2.04. The van der Waals surface area contributed by atoms with Crippen LogP contribution in [0.15, 0.2) is 0 Å². The summed E-state index contributed by atoms with van der Waals surface area (Å²) in [7, 11) is 0. The Kier molecular flexibility index (Phi) is 13.9. The van der Waals surface area contributed by atoms with Gasteiger partial charge in [-0.3, -0.25) is 0 Å². The largest absolute Gasteiger partial charge is 0.381 e. The normalized spacial score (nSPS) is 9.88. The molecular weight excluding hydrogens is 202 g/mol. The van der Waals surface area contributed by atoms with E-state index in [4.69, 9.17) is 15.2 Å². The highest BCUT2D eigenvalue weighted by Crippen LogP contribution is 1.95. The lowest BCUT2D eigenvalue weighted by atomic mass is 10.2. The molecule has 0 fully saturated rings. The first-order valence-electron chi connectivity index (χ1n) is 6.17. The van der Waals surface area contributed by atoms with Gasteiger partial charge in [-0.15, -0.1) is 11.8 Å². The maximum atomic E-state index is 5.46. The fourth-order valence-corrected chi connectivity index (χ4v) is 1.24. The standard InChI is InChI=1S/C13H25NO2/c1-2-3-6-10-15-12-8-13-16-11-7-4-5-9-14/h4-14H2,1H3. The number of unbranched alkanes of at least 4 members (excludes halogenated alkanes) is 2. The fraction of sp³-hybridized carbons (Fsp3) is 0.846. The van der Waals surface area contributed by atoms with Gasteiger partial charge in [0.25, 0.3) is 0 Å². The summed E-state index contributed by atoms with van der Waals surface area (Å²) in [4.78, 5) is 0. The van der Waals surface area contributed by atoms with Crippen LogP contribution >= 0.6 is 0 Å². The smallest absolute Gasteiger partial charge is 0.0575 e. The van der Waals surface area contributed by atoms with E-state index in [-0.39, 0.29) is 0 Å². The van der Waals surface area contributed by atoms with Crippen molar-refractivity contribution >= 4 is 0 Å². The summed E-state index contributed by atoms with van der Waals surface area (Å²) in [6.07, 6.45) is 5.19. The van der Waals surface area contributed by atoms with Crippen molar-refractivity contribution in [1.82, 2.24) is 0 Å². The topological polar surface area (TPSA) is 44.5 Å². The van der Waals surface area contributed by atoms with E-state index in [1.807, 2.05) is 6.92 Å². The first-order chi connectivity index (χ1) is 7.91. The Morgan fingerprint density at radius 3 is 2.25 bits per heavy atom. The molecule has 3 nitrogen and oxygen atoms in total. The van der Waals surface area contributed by atoms with E-state index in [0.29, 0.717) is 0 Å². The quantitative estimate of drug-likeness (QED) is 0.433. The Balaban J connectivity index is 2.89. The zero-order valence-electron chi connectivity index (χ0n) is 10.5. The Bertz CT molecular complexity index is 184. The average Bonchev–Trinajstić information content (AvgIpc) is 2.31. The average molecular weight is 227 g/mol. The Labute approximate surface area is 99.7 Å². The molecule has 0 unspecified atom stereocenters. The molecule has 3 heteroatoms. The number of nitrogens with two attached hydrogens (primary N) is 1. The molecule has 0 rings (SSSR count). The highest BCUT2D eigenvalue weighted by Gasteiger charge is 1.91. The first kappa shape index (κ1) is 15.4. The van der Waals surface area contributed by atoms with Gasteiger partial charge >= 0.3 is 0 Å². The summed E-state index contributed by atoms with van der Waals surface area (Å²) < 4.78 is 10.8. The summed E-state index contributed by atoms with van der Waals surface area (Å²) in [5.41, 5.74) is 5.39. The minimum atomic E-state index is 0.733. The zero-order valence-corrected chi connectivity index (χ0v) is 10.5.